The molecule has 0 saturated heterocycles. The molecule has 0 spiro atoms. The van der Waals surface area contributed by atoms with Gasteiger partial charge in [-0.2, -0.15) is 5.10 Å². The molecular formula is C11H11ClFN3. The van der Waals surface area contributed by atoms with E-state index >= 15 is 0 Å². The molecule has 0 bridgehead atoms. The molecule has 2 rings (SSSR count). The molecule has 0 radical (unpaired) electrons. The number of nitrogens with two attached hydrogens (primary N) is 1. The second-order valence-corrected chi connectivity index (χ2v) is 3.74. The lowest BCUT2D eigenvalue weighted by molar-refractivity contribution is 0.611. The van der Waals surface area contributed by atoms with Crippen LogP contribution in [0.5, 0.6) is 0 Å². The normalized spacial score (nSPS) is 10.7. The highest BCUT2D eigenvalue weighted by atomic mass is 35.5. The Kier molecular flexibility index (Phi) is 3.22. The highest BCUT2D eigenvalue weighted by molar-refractivity contribution is 6.33. The fourth-order valence-electron chi connectivity index (χ4n) is 1.58. The summed E-state index contributed by atoms with van der Waals surface area (Å²) < 4.78 is 15.2. The van der Waals surface area contributed by atoms with Gasteiger partial charge in [0.05, 0.1) is 23.5 Å². The molecule has 84 valence electrons. The van der Waals surface area contributed by atoms with Gasteiger partial charge in [0, 0.05) is 12.1 Å². The van der Waals surface area contributed by atoms with Crippen LogP contribution < -0.4 is 5.73 Å². The first-order chi connectivity index (χ1) is 7.74. The summed E-state index contributed by atoms with van der Waals surface area (Å²) in [6.45, 7) is 0.940. The van der Waals surface area contributed by atoms with E-state index in [9.17, 15) is 4.39 Å². The summed E-state index contributed by atoms with van der Waals surface area (Å²) in [7, 11) is 0. The van der Waals surface area contributed by atoms with E-state index in [1.165, 1.54) is 12.3 Å². The monoisotopic (exact) mass is 239 g/mol. The number of benzene rings is 1. The first-order valence-electron chi connectivity index (χ1n) is 4.90. The number of rotatable bonds is 3. The first-order valence-corrected chi connectivity index (χ1v) is 5.28. The van der Waals surface area contributed by atoms with Gasteiger partial charge in [0.2, 0.25) is 0 Å². The largest absolute Gasteiger partial charge is 0.329 e. The molecule has 0 unspecified atom stereocenters. The quantitative estimate of drug-likeness (QED) is 0.893. The van der Waals surface area contributed by atoms with Crippen molar-refractivity contribution >= 4 is 11.6 Å². The lowest BCUT2D eigenvalue weighted by atomic mass is 10.1. The third-order valence-corrected chi connectivity index (χ3v) is 2.54. The highest BCUT2D eigenvalue weighted by Crippen LogP contribution is 2.29. The number of hydrogen-bond acceptors (Lipinski definition) is 2. The smallest absolute Gasteiger partial charge is 0.132 e. The van der Waals surface area contributed by atoms with Crippen molar-refractivity contribution in [2.24, 2.45) is 5.73 Å². The Morgan fingerprint density at radius 3 is 2.81 bits per heavy atom. The SMILES string of the molecule is NCCn1ncc(Cl)c1-c1ccccc1F. The minimum absolute atomic E-state index is 0.317. The average molecular weight is 240 g/mol. The van der Waals surface area contributed by atoms with E-state index in [0.717, 1.165) is 0 Å². The summed E-state index contributed by atoms with van der Waals surface area (Å²) in [5, 5.41) is 4.49. The van der Waals surface area contributed by atoms with Crippen LogP contribution >= 0.6 is 11.6 Å². The number of nitrogens with zero attached hydrogens (tertiary/aromatic N) is 2. The maximum Gasteiger partial charge on any atom is 0.132 e. The Labute approximate surface area is 97.6 Å². The molecule has 1 aromatic heterocycles. The molecule has 0 aliphatic carbocycles. The van der Waals surface area contributed by atoms with E-state index in [0.29, 0.717) is 29.4 Å². The standard InChI is InChI=1S/C11H11ClFN3/c12-9-7-15-16(6-5-14)11(9)8-3-1-2-4-10(8)13/h1-4,7H,5-6,14H2. The van der Waals surface area contributed by atoms with Crippen molar-refractivity contribution in [3.8, 4) is 11.3 Å². The minimum atomic E-state index is -0.317. The Hall–Kier alpha value is -1.39. The molecule has 0 aliphatic rings. The summed E-state index contributed by atoms with van der Waals surface area (Å²) in [6.07, 6.45) is 1.50. The Balaban J connectivity index is 2.54. The molecule has 0 saturated carbocycles. The van der Waals surface area contributed by atoms with Crippen molar-refractivity contribution in [3.63, 3.8) is 0 Å². The summed E-state index contributed by atoms with van der Waals surface area (Å²) in [5.41, 5.74) is 6.47. The molecule has 2 N–H and O–H groups in total. The number of hydrogen-bond donors (Lipinski definition) is 1. The van der Waals surface area contributed by atoms with Crippen LogP contribution in [0.25, 0.3) is 11.3 Å². The van der Waals surface area contributed by atoms with Crippen LogP contribution in [0.1, 0.15) is 0 Å². The second kappa shape index (κ2) is 4.63. The van der Waals surface area contributed by atoms with Crippen LogP contribution in [0, 0.1) is 5.82 Å². The highest BCUT2D eigenvalue weighted by Gasteiger charge is 2.14. The molecule has 1 aromatic carbocycles. The van der Waals surface area contributed by atoms with E-state index in [4.69, 9.17) is 17.3 Å². The molecule has 0 atom stereocenters. The van der Waals surface area contributed by atoms with Crippen molar-refractivity contribution in [1.29, 1.82) is 0 Å². The summed E-state index contributed by atoms with van der Waals surface area (Å²) >= 11 is 6.00. The topological polar surface area (TPSA) is 43.8 Å². The Morgan fingerprint density at radius 1 is 1.38 bits per heavy atom. The molecule has 0 amide bonds. The van der Waals surface area contributed by atoms with Crippen molar-refractivity contribution in [3.05, 3.63) is 41.3 Å². The molecular weight excluding hydrogens is 229 g/mol. The number of halogens is 2. The first kappa shape index (κ1) is 11.1. The molecule has 1 heterocycles. The zero-order valence-corrected chi connectivity index (χ0v) is 9.28. The zero-order chi connectivity index (χ0) is 11.5. The summed E-state index contributed by atoms with van der Waals surface area (Å²) in [4.78, 5) is 0. The van der Waals surface area contributed by atoms with Crippen molar-refractivity contribution in [2.75, 3.05) is 6.54 Å². The van der Waals surface area contributed by atoms with Crippen LogP contribution in [0.3, 0.4) is 0 Å². The lowest BCUT2D eigenvalue weighted by Crippen LogP contribution is -2.12. The van der Waals surface area contributed by atoms with Gasteiger partial charge in [0.25, 0.3) is 0 Å². The van der Waals surface area contributed by atoms with Crippen LogP contribution in [0.15, 0.2) is 30.5 Å². The Bertz CT molecular complexity index is 496. The van der Waals surface area contributed by atoms with Crippen LogP contribution in [0.4, 0.5) is 4.39 Å². The molecule has 2 aromatic rings. The lowest BCUT2D eigenvalue weighted by Gasteiger charge is -2.07. The molecule has 5 heteroatoms. The van der Waals surface area contributed by atoms with E-state index in [2.05, 4.69) is 5.10 Å². The van der Waals surface area contributed by atoms with E-state index in [1.54, 1.807) is 22.9 Å². The van der Waals surface area contributed by atoms with Crippen LogP contribution in [-0.2, 0) is 6.54 Å². The van der Waals surface area contributed by atoms with Gasteiger partial charge in [-0.3, -0.25) is 4.68 Å². The second-order valence-electron chi connectivity index (χ2n) is 3.33. The fraction of sp³-hybridized carbons (Fsp3) is 0.182. The molecule has 3 nitrogen and oxygen atoms in total. The van der Waals surface area contributed by atoms with Gasteiger partial charge in [-0.15, -0.1) is 0 Å². The predicted octanol–water partition coefficient (Wildman–Crippen LogP) is 2.30. The third kappa shape index (κ3) is 1.94. The van der Waals surface area contributed by atoms with Gasteiger partial charge in [0.1, 0.15) is 5.82 Å². The van der Waals surface area contributed by atoms with Gasteiger partial charge in [-0.1, -0.05) is 23.7 Å². The van der Waals surface area contributed by atoms with Gasteiger partial charge in [-0.05, 0) is 12.1 Å². The zero-order valence-electron chi connectivity index (χ0n) is 8.53. The predicted molar refractivity (Wildman–Crippen MR) is 61.7 cm³/mol. The molecule has 0 aliphatic heterocycles. The fourth-order valence-corrected chi connectivity index (χ4v) is 1.82. The maximum absolute atomic E-state index is 13.6. The van der Waals surface area contributed by atoms with E-state index < -0.39 is 0 Å². The van der Waals surface area contributed by atoms with E-state index in [-0.39, 0.29) is 5.82 Å². The molecule has 0 fully saturated rings. The Morgan fingerprint density at radius 2 is 2.12 bits per heavy atom. The average Bonchev–Trinajstić information content (AvgIpc) is 2.62. The maximum atomic E-state index is 13.6. The summed E-state index contributed by atoms with van der Waals surface area (Å²) in [6, 6.07) is 6.46. The molecule has 16 heavy (non-hydrogen) atoms. The summed E-state index contributed by atoms with van der Waals surface area (Å²) in [5.74, 6) is -0.317. The van der Waals surface area contributed by atoms with Gasteiger partial charge in [-0.25, -0.2) is 4.39 Å². The minimum Gasteiger partial charge on any atom is -0.329 e. The van der Waals surface area contributed by atoms with Gasteiger partial charge < -0.3 is 5.73 Å². The number of aromatic nitrogens is 2. The van der Waals surface area contributed by atoms with Crippen molar-refractivity contribution in [2.45, 2.75) is 6.54 Å². The van der Waals surface area contributed by atoms with Crippen molar-refractivity contribution in [1.82, 2.24) is 9.78 Å². The van der Waals surface area contributed by atoms with Crippen molar-refractivity contribution < 1.29 is 4.39 Å². The van der Waals surface area contributed by atoms with Crippen LogP contribution in [0.2, 0.25) is 5.02 Å². The van der Waals surface area contributed by atoms with Gasteiger partial charge in [0.15, 0.2) is 0 Å². The van der Waals surface area contributed by atoms with Crippen LogP contribution in [-0.4, -0.2) is 16.3 Å². The van der Waals surface area contributed by atoms with Gasteiger partial charge >= 0.3 is 0 Å². The third-order valence-electron chi connectivity index (χ3n) is 2.26. The van der Waals surface area contributed by atoms with E-state index in [1.807, 2.05) is 0 Å².